The third kappa shape index (κ3) is 4.77. The number of rotatable bonds is 7. The van der Waals surface area contributed by atoms with Crippen molar-refractivity contribution in [1.29, 1.82) is 0 Å². The summed E-state index contributed by atoms with van der Waals surface area (Å²) in [6, 6.07) is 9.99. The third-order valence-corrected chi connectivity index (χ3v) is 5.21. The van der Waals surface area contributed by atoms with Crippen LogP contribution in [0, 0.1) is 13.8 Å². The average molecular weight is 419 g/mol. The van der Waals surface area contributed by atoms with Gasteiger partial charge in [0, 0.05) is 30.3 Å². The monoisotopic (exact) mass is 419 g/mol. The molecule has 6 nitrogen and oxygen atoms in total. The molecule has 0 fully saturated rings. The summed E-state index contributed by atoms with van der Waals surface area (Å²) in [4.78, 5) is 20.0. The highest BCUT2D eigenvalue weighted by Crippen LogP contribution is 2.27. The molecule has 0 radical (unpaired) electrons. The number of aryl methyl sites for hydroxylation is 2. The van der Waals surface area contributed by atoms with Crippen molar-refractivity contribution in [1.82, 2.24) is 24.9 Å². The summed E-state index contributed by atoms with van der Waals surface area (Å²) < 4.78 is 39.8. The SMILES string of the molecule is CC[C@@H](CNC(=O)CCc1c(C)nc2nc(C(F)(F)F)nn2c1C)c1ccccc1. The summed E-state index contributed by atoms with van der Waals surface area (Å²) in [7, 11) is 0. The number of benzene rings is 1. The fourth-order valence-corrected chi connectivity index (χ4v) is 3.48. The molecule has 2 aromatic heterocycles. The van der Waals surface area contributed by atoms with Gasteiger partial charge in [-0.1, -0.05) is 37.3 Å². The summed E-state index contributed by atoms with van der Waals surface area (Å²) in [5, 5.41) is 6.49. The van der Waals surface area contributed by atoms with Gasteiger partial charge < -0.3 is 5.32 Å². The van der Waals surface area contributed by atoms with Gasteiger partial charge >= 0.3 is 6.18 Å². The lowest BCUT2D eigenvalue weighted by Crippen LogP contribution is -2.28. The Balaban J connectivity index is 1.67. The number of alkyl halides is 3. The van der Waals surface area contributed by atoms with E-state index in [9.17, 15) is 18.0 Å². The minimum Gasteiger partial charge on any atom is -0.355 e. The van der Waals surface area contributed by atoms with Crippen molar-refractivity contribution < 1.29 is 18.0 Å². The molecule has 0 aliphatic rings. The van der Waals surface area contributed by atoms with Gasteiger partial charge in [0.1, 0.15) is 0 Å². The Hall–Kier alpha value is -2.97. The van der Waals surface area contributed by atoms with Crippen LogP contribution in [0.3, 0.4) is 0 Å². The van der Waals surface area contributed by atoms with Crippen LogP contribution in [0.2, 0.25) is 0 Å². The van der Waals surface area contributed by atoms with Crippen LogP contribution in [0.15, 0.2) is 30.3 Å². The fraction of sp³-hybridized carbons (Fsp3) is 0.429. The Kier molecular flexibility index (Phi) is 6.38. The van der Waals surface area contributed by atoms with Crippen LogP contribution < -0.4 is 5.32 Å². The third-order valence-electron chi connectivity index (χ3n) is 5.21. The van der Waals surface area contributed by atoms with Gasteiger partial charge in [-0.25, -0.2) is 9.50 Å². The Morgan fingerprint density at radius 3 is 2.50 bits per heavy atom. The first kappa shape index (κ1) is 21.7. The number of carbonyl (C=O) groups excluding carboxylic acids is 1. The molecule has 3 rings (SSSR count). The number of hydrogen-bond acceptors (Lipinski definition) is 4. The van der Waals surface area contributed by atoms with Gasteiger partial charge in [-0.05, 0) is 37.8 Å². The standard InChI is InChI=1S/C21H24F3N5O/c1-4-15(16-8-6-5-7-9-16)12-25-18(30)11-10-17-13(2)26-20-27-19(21(22,23)24)28-29(20)14(17)3/h5-9,15H,4,10-12H2,1-3H3,(H,25,30)/t15-/m0/s1. The zero-order valence-corrected chi connectivity index (χ0v) is 17.1. The van der Waals surface area contributed by atoms with Crippen LogP contribution in [0.25, 0.3) is 5.78 Å². The highest BCUT2D eigenvalue weighted by Gasteiger charge is 2.37. The summed E-state index contributed by atoms with van der Waals surface area (Å²) >= 11 is 0. The van der Waals surface area contributed by atoms with Gasteiger partial charge in [0.05, 0.1) is 0 Å². The molecule has 1 aromatic carbocycles. The molecule has 0 unspecified atom stereocenters. The maximum absolute atomic E-state index is 12.9. The van der Waals surface area contributed by atoms with Crippen LogP contribution in [0.5, 0.6) is 0 Å². The van der Waals surface area contributed by atoms with E-state index in [4.69, 9.17) is 0 Å². The molecule has 1 atom stereocenters. The van der Waals surface area contributed by atoms with E-state index in [1.807, 2.05) is 30.3 Å². The molecule has 0 saturated heterocycles. The Labute approximate surface area is 172 Å². The zero-order chi connectivity index (χ0) is 21.9. The molecule has 3 aromatic rings. The molecular formula is C21H24F3N5O. The van der Waals surface area contributed by atoms with Gasteiger partial charge in [0.2, 0.25) is 5.91 Å². The van der Waals surface area contributed by atoms with Crippen molar-refractivity contribution in [3.8, 4) is 0 Å². The number of carbonyl (C=O) groups is 1. The Morgan fingerprint density at radius 1 is 1.17 bits per heavy atom. The first-order valence-corrected chi connectivity index (χ1v) is 9.82. The number of nitrogens with one attached hydrogen (secondary N) is 1. The lowest BCUT2D eigenvalue weighted by Gasteiger charge is -2.16. The molecule has 0 aliphatic heterocycles. The van der Waals surface area contributed by atoms with E-state index in [0.717, 1.165) is 10.9 Å². The van der Waals surface area contributed by atoms with Crippen molar-refractivity contribution in [3.63, 3.8) is 0 Å². The maximum Gasteiger partial charge on any atom is 0.453 e. The van der Waals surface area contributed by atoms with Gasteiger partial charge in [0.15, 0.2) is 0 Å². The van der Waals surface area contributed by atoms with Gasteiger partial charge in [-0.3, -0.25) is 4.79 Å². The molecule has 1 N–H and O–H groups in total. The summed E-state index contributed by atoms with van der Waals surface area (Å²) in [5.41, 5.74) is 2.92. The summed E-state index contributed by atoms with van der Waals surface area (Å²) in [6.45, 7) is 5.97. The number of halogens is 3. The quantitative estimate of drug-likeness (QED) is 0.628. The van der Waals surface area contributed by atoms with Crippen LogP contribution in [0.4, 0.5) is 13.2 Å². The van der Waals surface area contributed by atoms with E-state index in [1.54, 1.807) is 13.8 Å². The van der Waals surface area contributed by atoms with Crippen LogP contribution in [-0.4, -0.2) is 32.0 Å². The first-order valence-electron chi connectivity index (χ1n) is 9.82. The molecule has 0 bridgehead atoms. The van der Waals surface area contributed by atoms with E-state index in [-0.39, 0.29) is 24.0 Å². The lowest BCUT2D eigenvalue weighted by molar-refractivity contribution is -0.144. The molecule has 30 heavy (non-hydrogen) atoms. The van der Waals surface area contributed by atoms with Crippen LogP contribution >= 0.6 is 0 Å². The van der Waals surface area contributed by atoms with Crippen molar-refractivity contribution in [2.75, 3.05) is 6.54 Å². The molecular weight excluding hydrogens is 395 g/mol. The number of amides is 1. The van der Waals surface area contributed by atoms with Crippen molar-refractivity contribution in [3.05, 3.63) is 58.7 Å². The normalized spacial score (nSPS) is 12.9. The first-order chi connectivity index (χ1) is 14.2. The average Bonchev–Trinajstić information content (AvgIpc) is 3.14. The highest BCUT2D eigenvalue weighted by atomic mass is 19.4. The molecule has 160 valence electrons. The second-order valence-corrected chi connectivity index (χ2v) is 7.23. The maximum atomic E-state index is 12.9. The highest BCUT2D eigenvalue weighted by molar-refractivity contribution is 5.76. The van der Waals surface area contributed by atoms with Crippen LogP contribution in [-0.2, 0) is 17.4 Å². The predicted molar refractivity (Wildman–Crippen MR) is 106 cm³/mol. The number of nitrogens with zero attached hydrogens (tertiary/aromatic N) is 4. The number of hydrogen-bond donors (Lipinski definition) is 1. The lowest BCUT2D eigenvalue weighted by atomic mass is 9.96. The topological polar surface area (TPSA) is 72.2 Å². The van der Waals surface area contributed by atoms with E-state index in [2.05, 4.69) is 27.3 Å². The smallest absolute Gasteiger partial charge is 0.355 e. The van der Waals surface area contributed by atoms with Gasteiger partial charge in [0.25, 0.3) is 11.6 Å². The van der Waals surface area contributed by atoms with E-state index in [0.29, 0.717) is 29.9 Å². The summed E-state index contributed by atoms with van der Waals surface area (Å²) in [6.07, 6.45) is -3.17. The minimum absolute atomic E-state index is 0.0980. The molecule has 9 heteroatoms. The van der Waals surface area contributed by atoms with E-state index in [1.165, 1.54) is 5.56 Å². The predicted octanol–water partition coefficient (Wildman–Crippen LogP) is 4.00. The van der Waals surface area contributed by atoms with Gasteiger partial charge in [-0.2, -0.15) is 18.2 Å². The molecule has 0 aliphatic carbocycles. The summed E-state index contributed by atoms with van der Waals surface area (Å²) in [5.74, 6) is -1.21. The zero-order valence-electron chi connectivity index (χ0n) is 17.1. The van der Waals surface area contributed by atoms with Crippen LogP contribution in [0.1, 0.15) is 54.0 Å². The Morgan fingerprint density at radius 2 is 1.87 bits per heavy atom. The molecule has 0 spiro atoms. The number of fused-ring (bicyclic) bond motifs is 1. The largest absolute Gasteiger partial charge is 0.453 e. The fourth-order valence-electron chi connectivity index (χ4n) is 3.48. The second-order valence-electron chi connectivity index (χ2n) is 7.23. The molecule has 0 saturated carbocycles. The second kappa shape index (κ2) is 8.81. The Bertz CT molecular complexity index is 1030. The van der Waals surface area contributed by atoms with Gasteiger partial charge in [-0.15, -0.1) is 5.10 Å². The van der Waals surface area contributed by atoms with Crippen molar-refractivity contribution in [2.24, 2.45) is 0 Å². The molecule has 1 amide bonds. The van der Waals surface area contributed by atoms with E-state index >= 15 is 0 Å². The van der Waals surface area contributed by atoms with Crippen molar-refractivity contribution in [2.45, 2.75) is 52.1 Å². The minimum atomic E-state index is -4.64. The van der Waals surface area contributed by atoms with Crippen molar-refractivity contribution >= 4 is 11.7 Å². The molecule has 2 heterocycles. The van der Waals surface area contributed by atoms with E-state index < -0.39 is 12.0 Å². The number of aromatic nitrogens is 4.